The van der Waals surface area contributed by atoms with E-state index in [9.17, 15) is 18.0 Å². The number of ether oxygens (including phenoxy) is 2. The number of benzene rings is 1. The molecule has 1 aliphatic heterocycles. The molecule has 0 aliphatic carbocycles. The van der Waals surface area contributed by atoms with Crippen molar-refractivity contribution in [1.29, 1.82) is 0 Å². The average Bonchev–Trinajstić information content (AvgIpc) is 2.79. The molecule has 2 heterocycles. The van der Waals surface area contributed by atoms with Gasteiger partial charge in [-0.05, 0) is 24.3 Å². The fourth-order valence-corrected chi connectivity index (χ4v) is 4.21. The Morgan fingerprint density at radius 2 is 1.87 bits per heavy atom. The molecule has 0 radical (unpaired) electrons. The van der Waals surface area contributed by atoms with E-state index in [1.54, 1.807) is 24.5 Å². The maximum Gasteiger partial charge on any atom is 0.308 e. The summed E-state index contributed by atoms with van der Waals surface area (Å²) in [5.74, 6) is -0.754. The smallest absolute Gasteiger partial charge is 0.308 e. The highest BCUT2D eigenvalue weighted by molar-refractivity contribution is 7.89. The molecule has 3 rings (SSSR count). The first-order valence-corrected chi connectivity index (χ1v) is 11.0. The second-order valence-electron chi connectivity index (χ2n) is 6.50. The van der Waals surface area contributed by atoms with Gasteiger partial charge in [0.1, 0.15) is 0 Å². The van der Waals surface area contributed by atoms with Crippen LogP contribution in [0.4, 0.5) is 11.6 Å². The number of rotatable bonds is 9. The van der Waals surface area contributed by atoms with Crippen molar-refractivity contribution < 1.29 is 27.5 Å². The number of morpholine rings is 1. The lowest BCUT2D eigenvalue weighted by atomic mass is 10.3. The molecule has 1 aromatic heterocycles. The van der Waals surface area contributed by atoms with Gasteiger partial charge in [-0.1, -0.05) is 6.07 Å². The first-order valence-electron chi connectivity index (χ1n) is 9.59. The quantitative estimate of drug-likeness (QED) is 0.523. The van der Waals surface area contributed by atoms with Crippen molar-refractivity contribution in [3.63, 3.8) is 0 Å². The zero-order valence-electron chi connectivity index (χ0n) is 16.7. The fourth-order valence-electron chi connectivity index (χ4n) is 2.75. The van der Waals surface area contributed by atoms with Crippen molar-refractivity contribution in [1.82, 2.24) is 14.3 Å². The zero-order chi connectivity index (χ0) is 22.1. The van der Waals surface area contributed by atoms with Gasteiger partial charge in [-0.25, -0.2) is 18.4 Å². The molecular weight excluding hydrogens is 426 g/mol. The van der Waals surface area contributed by atoms with Gasteiger partial charge < -0.3 is 20.1 Å². The summed E-state index contributed by atoms with van der Waals surface area (Å²) in [5, 5.41) is 5.39. The van der Waals surface area contributed by atoms with E-state index < -0.39 is 28.5 Å². The maximum atomic E-state index is 12.7. The first-order chi connectivity index (χ1) is 14.9. The summed E-state index contributed by atoms with van der Waals surface area (Å²) in [4.78, 5) is 31.8. The SMILES string of the molecule is O=C(COC(=O)CCNc1ncccn1)Nc1cccc(S(=O)(=O)N2CCOCC2)c1. The predicted molar refractivity (Wildman–Crippen MR) is 111 cm³/mol. The monoisotopic (exact) mass is 449 g/mol. The van der Waals surface area contributed by atoms with E-state index in [4.69, 9.17) is 9.47 Å². The summed E-state index contributed by atoms with van der Waals surface area (Å²) in [6, 6.07) is 7.60. The molecule has 0 atom stereocenters. The third-order valence-electron chi connectivity index (χ3n) is 4.27. The number of carbonyl (C=O) groups excluding carboxylic acids is 2. The molecule has 2 aromatic rings. The predicted octanol–water partition coefficient (Wildman–Crippen LogP) is 0.481. The van der Waals surface area contributed by atoms with Gasteiger partial charge in [-0.2, -0.15) is 4.31 Å². The van der Waals surface area contributed by atoms with Crippen LogP contribution in [0, 0.1) is 0 Å². The Labute approximate surface area is 179 Å². The topological polar surface area (TPSA) is 140 Å². The fraction of sp³-hybridized carbons (Fsp3) is 0.368. The number of carbonyl (C=O) groups is 2. The van der Waals surface area contributed by atoms with Crippen LogP contribution in [0.25, 0.3) is 0 Å². The largest absolute Gasteiger partial charge is 0.456 e. The Bertz CT molecular complexity index is 996. The van der Waals surface area contributed by atoms with Gasteiger partial charge in [-0.3, -0.25) is 9.59 Å². The van der Waals surface area contributed by atoms with Crippen molar-refractivity contribution in [2.75, 3.05) is 50.1 Å². The third-order valence-corrected chi connectivity index (χ3v) is 6.16. The summed E-state index contributed by atoms with van der Waals surface area (Å²) in [6.07, 6.45) is 3.16. The number of anilines is 2. The lowest BCUT2D eigenvalue weighted by Crippen LogP contribution is -2.40. The van der Waals surface area contributed by atoms with Crippen LogP contribution in [0.15, 0.2) is 47.6 Å². The molecule has 1 aliphatic rings. The molecule has 166 valence electrons. The highest BCUT2D eigenvalue weighted by Gasteiger charge is 2.26. The van der Waals surface area contributed by atoms with E-state index in [0.29, 0.717) is 24.8 Å². The summed E-state index contributed by atoms with van der Waals surface area (Å²) in [6.45, 7) is 1.01. The number of amides is 1. The molecule has 0 spiro atoms. The summed E-state index contributed by atoms with van der Waals surface area (Å²) in [5.41, 5.74) is 0.290. The Morgan fingerprint density at radius 3 is 2.61 bits per heavy atom. The second-order valence-corrected chi connectivity index (χ2v) is 8.44. The van der Waals surface area contributed by atoms with Gasteiger partial charge in [0.25, 0.3) is 5.91 Å². The maximum absolute atomic E-state index is 12.7. The van der Waals surface area contributed by atoms with Crippen LogP contribution in [-0.4, -0.2) is 74.0 Å². The van der Waals surface area contributed by atoms with E-state index in [1.165, 1.54) is 22.5 Å². The molecule has 11 nitrogen and oxygen atoms in total. The number of hydrogen-bond donors (Lipinski definition) is 2. The van der Waals surface area contributed by atoms with Gasteiger partial charge in [0.15, 0.2) is 6.61 Å². The molecule has 2 N–H and O–H groups in total. The van der Waals surface area contributed by atoms with Crippen LogP contribution in [-0.2, 0) is 29.1 Å². The molecule has 0 bridgehead atoms. The van der Waals surface area contributed by atoms with Crippen molar-refractivity contribution in [2.45, 2.75) is 11.3 Å². The van der Waals surface area contributed by atoms with E-state index in [0.717, 1.165) is 0 Å². The Hall–Kier alpha value is -3.09. The first kappa shape index (κ1) is 22.6. The lowest BCUT2D eigenvalue weighted by Gasteiger charge is -2.26. The minimum absolute atomic E-state index is 0.0266. The second kappa shape index (κ2) is 10.8. The van der Waals surface area contributed by atoms with Crippen LogP contribution in [0.3, 0.4) is 0 Å². The van der Waals surface area contributed by atoms with Crippen molar-refractivity contribution in [3.8, 4) is 0 Å². The number of nitrogens with zero attached hydrogens (tertiary/aromatic N) is 3. The van der Waals surface area contributed by atoms with Crippen LogP contribution in [0.1, 0.15) is 6.42 Å². The lowest BCUT2D eigenvalue weighted by molar-refractivity contribution is -0.147. The summed E-state index contributed by atoms with van der Waals surface area (Å²) in [7, 11) is -3.68. The Morgan fingerprint density at radius 1 is 1.13 bits per heavy atom. The summed E-state index contributed by atoms with van der Waals surface area (Å²) >= 11 is 0. The Balaban J connectivity index is 1.46. The molecular formula is C19H23N5O6S. The van der Waals surface area contributed by atoms with E-state index in [2.05, 4.69) is 20.6 Å². The highest BCUT2D eigenvalue weighted by atomic mass is 32.2. The molecule has 31 heavy (non-hydrogen) atoms. The number of esters is 1. The van der Waals surface area contributed by atoms with Gasteiger partial charge in [0.2, 0.25) is 16.0 Å². The molecule has 0 unspecified atom stereocenters. The molecule has 12 heteroatoms. The van der Waals surface area contributed by atoms with Gasteiger partial charge >= 0.3 is 5.97 Å². The van der Waals surface area contributed by atoms with Crippen molar-refractivity contribution in [3.05, 3.63) is 42.7 Å². The number of aromatic nitrogens is 2. The van der Waals surface area contributed by atoms with Crippen molar-refractivity contribution >= 4 is 33.5 Å². The average molecular weight is 449 g/mol. The minimum atomic E-state index is -3.68. The third kappa shape index (κ3) is 6.70. The van der Waals surface area contributed by atoms with Crippen LogP contribution < -0.4 is 10.6 Å². The van der Waals surface area contributed by atoms with Gasteiger partial charge in [0.05, 0.1) is 24.5 Å². The van der Waals surface area contributed by atoms with E-state index in [-0.39, 0.29) is 31.0 Å². The standard InChI is InChI=1S/C19H23N5O6S/c25-17(14-30-18(26)5-8-22-19-20-6-2-7-21-19)23-15-3-1-4-16(13-15)31(27,28)24-9-11-29-12-10-24/h1-4,6-7,13H,5,8-12,14H2,(H,23,25)(H,20,21,22). The van der Waals surface area contributed by atoms with E-state index >= 15 is 0 Å². The van der Waals surface area contributed by atoms with Crippen LogP contribution in [0.5, 0.6) is 0 Å². The summed E-state index contributed by atoms with van der Waals surface area (Å²) < 4.78 is 36.9. The van der Waals surface area contributed by atoms with Crippen LogP contribution in [0.2, 0.25) is 0 Å². The van der Waals surface area contributed by atoms with E-state index in [1.807, 2.05) is 0 Å². The molecule has 1 fully saturated rings. The molecule has 0 saturated carbocycles. The minimum Gasteiger partial charge on any atom is -0.456 e. The molecule has 1 amide bonds. The highest BCUT2D eigenvalue weighted by Crippen LogP contribution is 2.20. The van der Waals surface area contributed by atoms with Gasteiger partial charge in [0, 0.05) is 37.7 Å². The number of sulfonamides is 1. The van der Waals surface area contributed by atoms with Crippen LogP contribution >= 0.6 is 0 Å². The zero-order valence-corrected chi connectivity index (χ0v) is 17.5. The Kier molecular flexibility index (Phi) is 7.87. The molecule has 1 saturated heterocycles. The van der Waals surface area contributed by atoms with Gasteiger partial charge in [-0.15, -0.1) is 0 Å². The number of hydrogen-bond acceptors (Lipinski definition) is 9. The number of nitrogens with one attached hydrogen (secondary N) is 2. The normalized spacial score (nSPS) is 14.6. The molecule has 1 aromatic carbocycles. The van der Waals surface area contributed by atoms with Crippen molar-refractivity contribution in [2.24, 2.45) is 0 Å².